The average molecular weight is 398 g/mol. The van der Waals surface area contributed by atoms with Crippen molar-refractivity contribution in [3.05, 3.63) is 60.2 Å². The van der Waals surface area contributed by atoms with Crippen molar-refractivity contribution in [2.75, 3.05) is 18.0 Å². The number of nitrogens with one attached hydrogen (secondary N) is 1. The van der Waals surface area contributed by atoms with Gasteiger partial charge in [-0.25, -0.2) is 13.1 Å². The minimum Gasteiger partial charge on any atom is -0.312 e. The largest absolute Gasteiger partial charge is 0.417 e. The number of carbonyl (C=O) groups is 1. The second-order valence-electron chi connectivity index (χ2n) is 6.26. The topological polar surface area (TPSA) is 66.5 Å². The van der Waals surface area contributed by atoms with Crippen LogP contribution in [0.1, 0.15) is 12.0 Å². The van der Waals surface area contributed by atoms with Gasteiger partial charge >= 0.3 is 6.18 Å². The lowest BCUT2D eigenvalue weighted by Crippen LogP contribution is -2.32. The molecule has 1 aliphatic heterocycles. The molecule has 0 aromatic heterocycles. The van der Waals surface area contributed by atoms with E-state index in [2.05, 4.69) is 4.72 Å². The number of rotatable bonds is 5. The van der Waals surface area contributed by atoms with Crippen LogP contribution >= 0.6 is 0 Å². The van der Waals surface area contributed by atoms with E-state index >= 15 is 0 Å². The summed E-state index contributed by atoms with van der Waals surface area (Å²) in [7, 11) is -4.36. The van der Waals surface area contributed by atoms with Gasteiger partial charge in [0.2, 0.25) is 15.9 Å². The van der Waals surface area contributed by atoms with E-state index in [-0.39, 0.29) is 24.8 Å². The zero-order valence-electron chi connectivity index (χ0n) is 14.1. The van der Waals surface area contributed by atoms with Crippen molar-refractivity contribution < 1.29 is 26.4 Å². The Morgan fingerprint density at radius 3 is 2.33 bits per heavy atom. The SMILES string of the molecule is O=C1CC(CNS(=O)(=O)c2ccccc2C(F)(F)F)CN1c1ccccc1. The van der Waals surface area contributed by atoms with Gasteiger partial charge in [-0.05, 0) is 30.2 Å². The number of amides is 1. The first-order valence-corrected chi connectivity index (χ1v) is 9.68. The van der Waals surface area contributed by atoms with Gasteiger partial charge in [-0.1, -0.05) is 30.3 Å². The van der Waals surface area contributed by atoms with E-state index in [1.165, 1.54) is 6.07 Å². The van der Waals surface area contributed by atoms with Crippen molar-refractivity contribution in [1.82, 2.24) is 4.72 Å². The summed E-state index contributed by atoms with van der Waals surface area (Å²) in [4.78, 5) is 12.9. The van der Waals surface area contributed by atoms with Crippen LogP contribution in [0.2, 0.25) is 0 Å². The summed E-state index contributed by atoms with van der Waals surface area (Å²) in [5.41, 5.74) is -0.513. The second-order valence-corrected chi connectivity index (χ2v) is 7.99. The molecule has 3 rings (SSSR count). The summed E-state index contributed by atoms with van der Waals surface area (Å²) in [6, 6.07) is 12.9. The predicted octanol–water partition coefficient (Wildman–Crippen LogP) is 3.04. The predicted molar refractivity (Wildman–Crippen MR) is 93.5 cm³/mol. The third-order valence-corrected chi connectivity index (χ3v) is 5.80. The molecule has 1 N–H and O–H groups in total. The summed E-state index contributed by atoms with van der Waals surface area (Å²) < 4.78 is 66.2. The number of nitrogens with zero attached hydrogens (tertiary/aromatic N) is 1. The van der Waals surface area contributed by atoms with E-state index in [0.717, 1.165) is 18.2 Å². The van der Waals surface area contributed by atoms with E-state index in [9.17, 15) is 26.4 Å². The minimum absolute atomic E-state index is 0.121. The van der Waals surface area contributed by atoms with E-state index in [1.807, 2.05) is 6.07 Å². The van der Waals surface area contributed by atoms with Gasteiger partial charge < -0.3 is 4.90 Å². The van der Waals surface area contributed by atoms with Crippen molar-refractivity contribution >= 4 is 21.6 Å². The smallest absolute Gasteiger partial charge is 0.312 e. The van der Waals surface area contributed by atoms with Crippen LogP contribution in [-0.4, -0.2) is 27.4 Å². The Bertz CT molecular complexity index is 930. The Hall–Kier alpha value is -2.39. The number of carbonyl (C=O) groups excluding carboxylic acids is 1. The molecule has 1 amide bonds. The molecule has 1 aliphatic rings. The Kier molecular flexibility index (Phi) is 5.25. The Labute approximate surface area is 154 Å². The minimum atomic E-state index is -4.78. The molecular weight excluding hydrogens is 381 g/mol. The third kappa shape index (κ3) is 4.30. The molecule has 0 radical (unpaired) electrons. The molecule has 0 aliphatic carbocycles. The van der Waals surface area contributed by atoms with Gasteiger partial charge in [0.15, 0.2) is 0 Å². The molecule has 2 aromatic carbocycles. The van der Waals surface area contributed by atoms with E-state index < -0.39 is 26.7 Å². The molecule has 1 unspecified atom stereocenters. The monoisotopic (exact) mass is 398 g/mol. The van der Waals surface area contributed by atoms with Crippen molar-refractivity contribution in [3.63, 3.8) is 0 Å². The fourth-order valence-electron chi connectivity index (χ4n) is 3.02. The third-order valence-electron chi connectivity index (χ3n) is 4.32. The summed E-state index contributed by atoms with van der Waals surface area (Å²) >= 11 is 0. The summed E-state index contributed by atoms with van der Waals surface area (Å²) in [6.07, 6.45) is -4.66. The number of anilines is 1. The second kappa shape index (κ2) is 7.32. The van der Waals surface area contributed by atoms with Crippen molar-refractivity contribution in [3.8, 4) is 0 Å². The molecule has 1 heterocycles. The molecule has 2 aromatic rings. The van der Waals surface area contributed by atoms with Gasteiger partial charge in [0, 0.05) is 25.2 Å². The number of hydrogen-bond donors (Lipinski definition) is 1. The molecule has 1 saturated heterocycles. The summed E-state index contributed by atoms with van der Waals surface area (Å²) in [5, 5.41) is 0. The lowest BCUT2D eigenvalue weighted by atomic mass is 10.1. The summed E-state index contributed by atoms with van der Waals surface area (Å²) in [5.74, 6) is -0.480. The van der Waals surface area contributed by atoms with Gasteiger partial charge in [0.05, 0.1) is 10.5 Å². The lowest BCUT2D eigenvalue weighted by molar-refractivity contribution is -0.139. The van der Waals surface area contributed by atoms with Crippen LogP contribution in [0, 0.1) is 5.92 Å². The molecule has 1 fully saturated rings. The van der Waals surface area contributed by atoms with E-state index in [4.69, 9.17) is 0 Å². The first-order valence-electron chi connectivity index (χ1n) is 8.20. The van der Waals surface area contributed by atoms with Gasteiger partial charge in [-0.15, -0.1) is 0 Å². The van der Waals surface area contributed by atoms with Crippen LogP contribution in [0.15, 0.2) is 59.5 Å². The number of alkyl halides is 3. The molecule has 0 saturated carbocycles. The number of sulfonamides is 1. The normalized spacial score (nSPS) is 18.1. The quantitative estimate of drug-likeness (QED) is 0.842. The molecule has 1 atom stereocenters. The standard InChI is InChI=1S/C18H17F3N2O3S/c19-18(20,21)15-8-4-5-9-16(15)27(25,26)22-11-13-10-17(24)23(12-13)14-6-2-1-3-7-14/h1-9,13,22H,10-12H2. The first kappa shape index (κ1) is 19.4. The van der Waals surface area contributed by atoms with Crippen LogP contribution in [0.4, 0.5) is 18.9 Å². The van der Waals surface area contributed by atoms with Crippen molar-refractivity contribution in [2.45, 2.75) is 17.5 Å². The number of halogens is 3. The van der Waals surface area contributed by atoms with E-state index in [1.54, 1.807) is 29.2 Å². The molecule has 0 bridgehead atoms. The average Bonchev–Trinajstić information content (AvgIpc) is 3.01. The van der Waals surface area contributed by atoms with Gasteiger partial charge in [0.25, 0.3) is 0 Å². The lowest BCUT2D eigenvalue weighted by Gasteiger charge is -2.17. The highest BCUT2D eigenvalue weighted by atomic mass is 32.2. The van der Waals surface area contributed by atoms with Crippen LogP contribution in [-0.2, 0) is 21.0 Å². The molecular formula is C18H17F3N2O3S. The maximum atomic E-state index is 13.1. The van der Waals surface area contributed by atoms with Crippen LogP contribution in [0.25, 0.3) is 0 Å². The van der Waals surface area contributed by atoms with Gasteiger partial charge in [-0.3, -0.25) is 4.79 Å². The highest BCUT2D eigenvalue weighted by Gasteiger charge is 2.37. The van der Waals surface area contributed by atoms with E-state index in [0.29, 0.717) is 12.2 Å². The molecule has 144 valence electrons. The zero-order valence-corrected chi connectivity index (χ0v) is 14.9. The molecule has 5 nitrogen and oxygen atoms in total. The van der Waals surface area contributed by atoms with Crippen LogP contribution in [0.3, 0.4) is 0 Å². The molecule has 0 spiro atoms. The van der Waals surface area contributed by atoms with Gasteiger partial charge in [0.1, 0.15) is 0 Å². The number of benzene rings is 2. The van der Waals surface area contributed by atoms with Crippen LogP contribution in [0.5, 0.6) is 0 Å². The highest BCUT2D eigenvalue weighted by Crippen LogP contribution is 2.34. The zero-order chi connectivity index (χ0) is 19.7. The molecule has 9 heteroatoms. The van der Waals surface area contributed by atoms with Crippen molar-refractivity contribution in [2.24, 2.45) is 5.92 Å². The Balaban J connectivity index is 1.71. The Morgan fingerprint density at radius 2 is 1.67 bits per heavy atom. The fourth-order valence-corrected chi connectivity index (χ4v) is 4.36. The summed E-state index contributed by atoms with van der Waals surface area (Å²) in [6.45, 7) is 0.176. The highest BCUT2D eigenvalue weighted by molar-refractivity contribution is 7.89. The number of hydrogen-bond acceptors (Lipinski definition) is 3. The first-order chi connectivity index (χ1) is 12.7. The Morgan fingerprint density at radius 1 is 1.04 bits per heavy atom. The molecule has 27 heavy (non-hydrogen) atoms. The van der Waals surface area contributed by atoms with Crippen LogP contribution < -0.4 is 9.62 Å². The van der Waals surface area contributed by atoms with Gasteiger partial charge in [-0.2, -0.15) is 13.2 Å². The number of para-hydroxylation sites is 1. The fraction of sp³-hybridized carbons (Fsp3) is 0.278. The maximum Gasteiger partial charge on any atom is 0.417 e. The maximum absolute atomic E-state index is 13.1. The van der Waals surface area contributed by atoms with Crippen molar-refractivity contribution in [1.29, 1.82) is 0 Å².